The summed E-state index contributed by atoms with van der Waals surface area (Å²) in [5.74, 6) is -4.85. The summed E-state index contributed by atoms with van der Waals surface area (Å²) < 4.78 is 41.1. The highest BCUT2D eigenvalue weighted by Crippen LogP contribution is 2.23. The van der Waals surface area contributed by atoms with Gasteiger partial charge in [0.25, 0.3) is 5.56 Å². The lowest BCUT2D eigenvalue weighted by Gasteiger charge is -2.19. The smallest absolute Gasteiger partial charge is 0.309 e. The summed E-state index contributed by atoms with van der Waals surface area (Å²) in [4.78, 5) is 24.3. The van der Waals surface area contributed by atoms with Gasteiger partial charge in [-0.2, -0.15) is 0 Å². The Kier molecular flexibility index (Phi) is 7.44. The van der Waals surface area contributed by atoms with Crippen LogP contribution < -0.4 is 5.56 Å². The van der Waals surface area contributed by atoms with Gasteiger partial charge in [-0.05, 0) is 66.3 Å². The molecule has 0 unspecified atom stereocenters. The van der Waals surface area contributed by atoms with E-state index in [-0.39, 0.29) is 30.3 Å². The van der Waals surface area contributed by atoms with E-state index in [1.807, 2.05) is 0 Å². The van der Waals surface area contributed by atoms with E-state index < -0.39 is 41.0 Å². The Balaban J connectivity index is 1.39. The van der Waals surface area contributed by atoms with E-state index in [0.717, 1.165) is 34.5 Å². The van der Waals surface area contributed by atoms with Gasteiger partial charge in [-0.1, -0.05) is 35.5 Å². The summed E-state index contributed by atoms with van der Waals surface area (Å²) in [5.41, 5.74) is 1.65. The molecule has 10 heteroatoms. The molecular formula is C26H22F3N3O4. The van der Waals surface area contributed by atoms with Crippen molar-refractivity contribution in [1.29, 1.82) is 0 Å². The van der Waals surface area contributed by atoms with Gasteiger partial charge in [-0.25, -0.2) is 17.9 Å². The molecule has 1 aromatic heterocycles. The Hall–Kier alpha value is -4.05. The lowest BCUT2D eigenvalue weighted by molar-refractivity contribution is -0.146. The lowest BCUT2D eigenvalue weighted by atomic mass is 9.93. The zero-order chi connectivity index (χ0) is 25.8. The number of carboxylic acids is 1. The Morgan fingerprint density at radius 1 is 0.917 bits per heavy atom. The van der Waals surface area contributed by atoms with Crippen LogP contribution in [0.15, 0.2) is 65.5 Å². The molecule has 2 atom stereocenters. The van der Waals surface area contributed by atoms with E-state index in [0.29, 0.717) is 17.5 Å². The van der Waals surface area contributed by atoms with Crippen LogP contribution in [0.4, 0.5) is 13.2 Å². The van der Waals surface area contributed by atoms with Gasteiger partial charge in [0.15, 0.2) is 11.6 Å². The number of rotatable bonds is 9. The van der Waals surface area contributed by atoms with Crippen molar-refractivity contribution in [3.63, 3.8) is 0 Å². The average molecular weight is 497 g/mol. The molecule has 0 bridgehead atoms. The molecule has 2 N–H and O–H groups in total. The largest absolute Gasteiger partial charge is 0.481 e. The average Bonchev–Trinajstić information content (AvgIpc) is 2.86. The van der Waals surface area contributed by atoms with Gasteiger partial charge in [0, 0.05) is 6.54 Å². The molecule has 0 aliphatic carbocycles. The van der Waals surface area contributed by atoms with Crippen molar-refractivity contribution >= 4 is 16.9 Å². The second-order valence-corrected chi connectivity index (χ2v) is 8.44. The van der Waals surface area contributed by atoms with Crippen LogP contribution in [0, 0.1) is 23.4 Å². The summed E-state index contributed by atoms with van der Waals surface area (Å²) in [6.07, 6.45) is -0.765. The molecule has 186 valence electrons. The summed E-state index contributed by atoms with van der Waals surface area (Å²) in [6, 6.07) is 14.2. The fourth-order valence-corrected chi connectivity index (χ4v) is 3.99. The van der Waals surface area contributed by atoms with Crippen molar-refractivity contribution in [2.75, 3.05) is 0 Å². The molecule has 1 heterocycles. The van der Waals surface area contributed by atoms with Crippen LogP contribution in [0.5, 0.6) is 0 Å². The number of hydrogen-bond acceptors (Lipinski definition) is 5. The number of fused-ring (bicyclic) bond motifs is 1. The number of aliphatic hydroxyl groups is 1. The molecule has 0 aliphatic heterocycles. The highest BCUT2D eigenvalue weighted by atomic mass is 19.2. The van der Waals surface area contributed by atoms with Crippen LogP contribution in [-0.4, -0.2) is 37.3 Å². The van der Waals surface area contributed by atoms with Crippen molar-refractivity contribution in [3.8, 4) is 11.1 Å². The minimum Gasteiger partial charge on any atom is -0.481 e. The van der Waals surface area contributed by atoms with Crippen LogP contribution in [-0.2, 0) is 17.8 Å². The maximum atomic E-state index is 13.5. The fourth-order valence-electron chi connectivity index (χ4n) is 3.99. The van der Waals surface area contributed by atoms with Gasteiger partial charge < -0.3 is 10.2 Å². The van der Waals surface area contributed by atoms with Gasteiger partial charge in [0.05, 0.1) is 17.4 Å². The zero-order valence-corrected chi connectivity index (χ0v) is 18.9. The molecule has 7 nitrogen and oxygen atoms in total. The first-order valence-corrected chi connectivity index (χ1v) is 11.2. The molecule has 0 saturated heterocycles. The first kappa shape index (κ1) is 25.1. The molecule has 0 spiro atoms. The molecule has 3 aromatic carbocycles. The predicted molar refractivity (Wildman–Crippen MR) is 126 cm³/mol. The first-order valence-electron chi connectivity index (χ1n) is 11.2. The number of aliphatic hydroxyl groups excluding tert-OH is 1. The zero-order valence-electron chi connectivity index (χ0n) is 18.9. The normalized spacial score (nSPS) is 13.0. The van der Waals surface area contributed by atoms with Crippen molar-refractivity contribution in [2.24, 2.45) is 5.92 Å². The summed E-state index contributed by atoms with van der Waals surface area (Å²) in [6.45, 7) is -0.116. The Labute approximate surface area is 203 Å². The van der Waals surface area contributed by atoms with E-state index in [4.69, 9.17) is 0 Å². The van der Waals surface area contributed by atoms with Crippen LogP contribution in [0.2, 0.25) is 0 Å². The number of hydrogen-bond donors (Lipinski definition) is 2. The van der Waals surface area contributed by atoms with Crippen LogP contribution >= 0.6 is 0 Å². The third kappa shape index (κ3) is 5.60. The molecule has 4 rings (SSSR count). The van der Waals surface area contributed by atoms with Crippen LogP contribution in [0.25, 0.3) is 22.0 Å². The van der Waals surface area contributed by atoms with E-state index in [2.05, 4.69) is 10.3 Å². The van der Waals surface area contributed by atoms with Gasteiger partial charge in [-0.3, -0.25) is 9.59 Å². The Morgan fingerprint density at radius 2 is 1.64 bits per heavy atom. The van der Waals surface area contributed by atoms with E-state index in [1.165, 1.54) is 12.1 Å². The highest BCUT2D eigenvalue weighted by Gasteiger charge is 2.26. The van der Waals surface area contributed by atoms with E-state index >= 15 is 0 Å². The topological polar surface area (TPSA) is 105 Å². The number of nitrogens with zero attached hydrogens (tertiary/aromatic N) is 3. The molecule has 0 fully saturated rings. The highest BCUT2D eigenvalue weighted by molar-refractivity contribution is 5.76. The van der Waals surface area contributed by atoms with Crippen LogP contribution in [0.3, 0.4) is 0 Å². The molecular weight excluding hydrogens is 475 g/mol. The molecule has 0 saturated carbocycles. The third-order valence-corrected chi connectivity index (χ3v) is 6.05. The monoisotopic (exact) mass is 497 g/mol. The Bertz CT molecular complexity index is 1460. The molecule has 0 radical (unpaired) electrons. The van der Waals surface area contributed by atoms with Gasteiger partial charge >= 0.3 is 5.97 Å². The maximum absolute atomic E-state index is 13.5. The first-order chi connectivity index (χ1) is 17.2. The minimum absolute atomic E-state index is 0.0317. The van der Waals surface area contributed by atoms with Gasteiger partial charge in [0.2, 0.25) is 0 Å². The third-order valence-electron chi connectivity index (χ3n) is 6.05. The summed E-state index contributed by atoms with van der Waals surface area (Å²) in [7, 11) is 0. The quantitative estimate of drug-likeness (QED) is 0.363. The maximum Gasteiger partial charge on any atom is 0.309 e. The van der Waals surface area contributed by atoms with Crippen molar-refractivity contribution in [1.82, 2.24) is 15.0 Å². The minimum atomic E-state index is -1.22. The summed E-state index contributed by atoms with van der Waals surface area (Å²) in [5, 5.41) is 27.8. The number of benzene rings is 3. The second-order valence-electron chi connectivity index (χ2n) is 8.44. The number of halogens is 3. The second kappa shape index (κ2) is 10.7. The Morgan fingerprint density at radius 3 is 2.33 bits per heavy atom. The number of carbonyl (C=O) groups is 1. The fraction of sp³-hybridized carbons (Fsp3) is 0.231. The molecule has 36 heavy (non-hydrogen) atoms. The summed E-state index contributed by atoms with van der Waals surface area (Å²) >= 11 is 0. The van der Waals surface area contributed by atoms with Crippen LogP contribution in [0.1, 0.15) is 18.4 Å². The van der Waals surface area contributed by atoms with Gasteiger partial charge in [-0.15, -0.1) is 5.10 Å². The van der Waals surface area contributed by atoms with E-state index in [1.54, 1.807) is 24.3 Å². The number of aromatic nitrogens is 3. The predicted octanol–water partition coefficient (Wildman–Crippen LogP) is 3.96. The standard InChI is InChI=1S/C26H22F3N3O4/c27-18-7-9-23-20(14-18)25(34)32(31-30-23)12-11-19(26(35)36)24(33)10-3-15-1-4-16(5-2-15)17-6-8-21(28)22(29)13-17/h1-2,4-9,13-14,19,24,33H,3,10-12H2,(H,35,36)/t19-,24-/m1/s1. The molecule has 0 aliphatic rings. The lowest BCUT2D eigenvalue weighted by Crippen LogP contribution is -2.32. The van der Waals surface area contributed by atoms with Crippen molar-refractivity contribution < 1.29 is 28.2 Å². The number of aryl methyl sites for hydroxylation is 2. The van der Waals surface area contributed by atoms with Crippen molar-refractivity contribution in [3.05, 3.63) is 94.0 Å². The molecule has 0 amide bonds. The number of carboxylic acid groups (broad SMARTS) is 1. The van der Waals surface area contributed by atoms with E-state index in [9.17, 15) is 33.0 Å². The van der Waals surface area contributed by atoms with Crippen molar-refractivity contribution in [2.45, 2.75) is 31.9 Å². The number of aliphatic carboxylic acids is 1. The molecule has 4 aromatic rings. The van der Waals surface area contributed by atoms with Gasteiger partial charge in [0.1, 0.15) is 11.3 Å². The SMILES string of the molecule is O=C(O)[C@H](CCn1nnc2ccc(F)cc2c1=O)[C@H](O)CCc1ccc(-c2ccc(F)c(F)c2)cc1.